The lowest BCUT2D eigenvalue weighted by atomic mass is 10.1. The minimum Gasteiger partial charge on any atom is -0.348 e. The molecule has 1 saturated carbocycles. The SMILES string of the molecule is CCC(CC)NC(=O)c1cc(S(=O)(=O)Cl)cn1C1CC1. The summed E-state index contributed by atoms with van der Waals surface area (Å²) in [6.07, 6.45) is 5.06. The summed E-state index contributed by atoms with van der Waals surface area (Å²) in [5, 5.41) is 2.92. The molecule has 0 aromatic carbocycles. The molecule has 0 unspecified atom stereocenters. The van der Waals surface area contributed by atoms with E-state index in [0.717, 1.165) is 25.7 Å². The van der Waals surface area contributed by atoms with Crippen molar-refractivity contribution < 1.29 is 13.2 Å². The molecule has 1 N–H and O–H groups in total. The third-order valence-corrected chi connectivity index (χ3v) is 4.92. The van der Waals surface area contributed by atoms with Crippen LogP contribution in [-0.4, -0.2) is 24.9 Å². The third-order valence-electron chi connectivity index (χ3n) is 3.60. The van der Waals surface area contributed by atoms with Gasteiger partial charge in [-0.15, -0.1) is 0 Å². The Hall–Kier alpha value is -1.01. The molecule has 0 bridgehead atoms. The largest absolute Gasteiger partial charge is 0.348 e. The van der Waals surface area contributed by atoms with Crippen molar-refractivity contribution >= 4 is 25.6 Å². The zero-order valence-electron chi connectivity index (χ0n) is 11.6. The molecule has 0 radical (unpaired) electrons. The predicted octanol–water partition coefficient (Wildman–Crippen LogP) is 2.67. The van der Waals surface area contributed by atoms with Crippen LogP contribution in [0.3, 0.4) is 0 Å². The summed E-state index contributed by atoms with van der Waals surface area (Å²) < 4.78 is 24.6. The number of nitrogens with one attached hydrogen (secondary N) is 1. The number of rotatable bonds is 6. The summed E-state index contributed by atoms with van der Waals surface area (Å²) in [6, 6.07) is 1.67. The Morgan fingerprint density at radius 1 is 1.45 bits per heavy atom. The van der Waals surface area contributed by atoms with E-state index in [4.69, 9.17) is 10.7 Å². The van der Waals surface area contributed by atoms with E-state index in [0.29, 0.717) is 5.69 Å². The van der Waals surface area contributed by atoms with Crippen molar-refractivity contribution in [3.63, 3.8) is 0 Å². The molecule has 1 amide bonds. The molecular weight excluding hydrogens is 300 g/mol. The summed E-state index contributed by atoms with van der Waals surface area (Å²) in [6.45, 7) is 4.01. The molecular formula is C13H19ClN2O3S. The molecule has 0 atom stereocenters. The van der Waals surface area contributed by atoms with Gasteiger partial charge in [0.2, 0.25) is 0 Å². The van der Waals surface area contributed by atoms with Crippen molar-refractivity contribution in [1.29, 1.82) is 0 Å². The summed E-state index contributed by atoms with van der Waals surface area (Å²) >= 11 is 0. The highest BCUT2D eigenvalue weighted by Crippen LogP contribution is 2.37. The fraction of sp³-hybridized carbons (Fsp3) is 0.615. The second kappa shape index (κ2) is 5.77. The summed E-state index contributed by atoms with van der Waals surface area (Å²) in [5.41, 5.74) is 0.374. The van der Waals surface area contributed by atoms with E-state index in [-0.39, 0.29) is 22.9 Å². The molecule has 0 aliphatic heterocycles. The highest BCUT2D eigenvalue weighted by molar-refractivity contribution is 8.13. The first kappa shape index (κ1) is 15.4. The maximum Gasteiger partial charge on any atom is 0.268 e. The predicted molar refractivity (Wildman–Crippen MR) is 77.6 cm³/mol. The van der Waals surface area contributed by atoms with Gasteiger partial charge >= 0.3 is 0 Å². The van der Waals surface area contributed by atoms with Gasteiger partial charge in [0.05, 0.1) is 0 Å². The molecule has 0 spiro atoms. The second-order valence-electron chi connectivity index (χ2n) is 5.12. The molecule has 1 aliphatic carbocycles. The first-order chi connectivity index (χ1) is 9.36. The molecule has 0 saturated heterocycles. The quantitative estimate of drug-likeness (QED) is 0.820. The van der Waals surface area contributed by atoms with Gasteiger partial charge in [0.1, 0.15) is 10.6 Å². The number of carbonyl (C=O) groups excluding carboxylic acids is 1. The molecule has 1 aliphatic rings. The third kappa shape index (κ3) is 3.35. The normalized spacial score (nSPS) is 15.6. The van der Waals surface area contributed by atoms with Crippen LogP contribution >= 0.6 is 10.7 Å². The fourth-order valence-corrected chi connectivity index (χ4v) is 2.92. The molecule has 1 fully saturated rings. The van der Waals surface area contributed by atoms with Crippen molar-refractivity contribution in [2.75, 3.05) is 0 Å². The number of aromatic nitrogens is 1. The summed E-state index contributed by atoms with van der Waals surface area (Å²) in [4.78, 5) is 12.3. The number of nitrogens with zero attached hydrogens (tertiary/aromatic N) is 1. The molecule has 1 aromatic heterocycles. The van der Waals surface area contributed by atoms with Gasteiger partial charge in [-0.25, -0.2) is 8.42 Å². The average Bonchev–Trinajstić information content (AvgIpc) is 3.12. The van der Waals surface area contributed by atoms with Gasteiger partial charge in [-0.1, -0.05) is 13.8 Å². The fourth-order valence-electron chi connectivity index (χ4n) is 2.18. The van der Waals surface area contributed by atoms with Crippen LogP contribution in [0.5, 0.6) is 0 Å². The van der Waals surface area contributed by atoms with Crippen molar-refractivity contribution in [2.45, 2.75) is 56.5 Å². The topological polar surface area (TPSA) is 68.2 Å². The monoisotopic (exact) mass is 318 g/mol. The zero-order valence-corrected chi connectivity index (χ0v) is 13.2. The first-order valence-corrected chi connectivity index (χ1v) is 9.15. The number of halogens is 1. The Labute approximate surface area is 123 Å². The Morgan fingerprint density at radius 3 is 2.50 bits per heavy atom. The lowest BCUT2D eigenvalue weighted by Crippen LogP contribution is -2.34. The van der Waals surface area contributed by atoms with E-state index < -0.39 is 9.05 Å². The van der Waals surface area contributed by atoms with Crippen LogP contribution in [-0.2, 0) is 9.05 Å². The molecule has 1 aromatic rings. The average molecular weight is 319 g/mol. The molecule has 112 valence electrons. The van der Waals surface area contributed by atoms with E-state index in [1.165, 1.54) is 12.3 Å². The van der Waals surface area contributed by atoms with Crippen LogP contribution in [0.15, 0.2) is 17.2 Å². The first-order valence-electron chi connectivity index (χ1n) is 6.84. The maximum atomic E-state index is 12.3. The van der Waals surface area contributed by atoms with Crippen molar-refractivity contribution in [2.24, 2.45) is 0 Å². The maximum absolute atomic E-state index is 12.3. The number of carbonyl (C=O) groups is 1. The zero-order chi connectivity index (χ0) is 14.9. The van der Waals surface area contributed by atoms with Crippen LogP contribution in [0, 0.1) is 0 Å². The molecule has 1 heterocycles. The Kier molecular flexibility index (Phi) is 4.44. The van der Waals surface area contributed by atoms with Gasteiger partial charge in [0.15, 0.2) is 0 Å². The van der Waals surface area contributed by atoms with Gasteiger partial charge in [-0.2, -0.15) is 0 Å². The Morgan fingerprint density at radius 2 is 2.05 bits per heavy atom. The lowest BCUT2D eigenvalue weighted by molar-refractivity contribution is 0.0925. The standard InChI is InChI=1S/C13H19ClN2O3S/c1-3-9(4-2)15-13(17)12-7-11(20(14,18)19)8-16(12)10-5-6-10/h7-10H,3-6H2,1-2H3,(H,15,17). The van der Waals surface area contributed by atoms with Gasteiger partial charge in [-0.05, 0) is 31.7 Å². The van der Waals surface area contributed by atoms with Crippen LogP contribution < -0.4 is 5.32 Å². The van der Waals surface area contributed by atoms with Gasteiger partial charge in [0.25, 0.3) is 15.0 Å². The van der Waals surface area contributed by atoms with Crippen LogP contribution in [0.25, 0.3) is 0 Å². The summed E-state index contributed by atoms with van der Waals surface area (Å²) in [7, 11) is 1.55. The highest BCUT2D eigenvalue weighted by atomic mass is 35.7. The Balaban J connectivity index is 2.30. The van der Waals surface area contributed by atoms with E-state index in [1.807, 2.05) is 13.8 Å². The van der Waals surface area contributed by atoms with Gasteiger partial charge in [-0.3, -0.25) is 4.79 Å². The van der Waals surface area contributed by atoms with Gasteiger partial charge in [0, 0.05) is 29.0 Å². The van der Waals surface area contributed by atoms with E-state index in [9.17, 15) is 13.2 Å². The van der Waals surface area contributed by atoms with Crippen LogP contribution in [0.1, 0.15) is 56.1 Å². The lowest BCUT2D eigenvalue weighted by Gasteiger charge is -2.15. The smallest absolute Gasteiger partial charge is 0.268 e. The van der Waals surface area contributed by atoms with Crippen molar-refractivity contribution in [1.82, 2.24) is 9.88 Å². The highest BCUT2D eigenvalue weighted by Gasteiger charge is 2.30. The van der Waals surface area contributed by atoms with Crippen molar-refractivity contribution in [3.8, 4) is 0 Å². The number of hydrogen-bond donors (Lipinski definition) is 1. The summed E-state index contributed by atoms with van der Waals surface area (Å²) in [5.74, 6) is -0.239. The minimum absolute atomic E-state index is 0.0132. The van der Waals surface area contributed by atoms with E-state index >= 15 is 0 Å². The van der Waals surface area contributed by atoms with Crippen LogP contribution in [0.4, 0.5) is 0 Å². The van der Waals surface area contributed by atoms with Crippen LogP contribution in [0.2, 0.25) is 0 Å². The van der Waals surface area contributed by atoms with Gasteiger partial charge < -0.3 is 9.88 Å². The molecule has 2 rings (SSSR count). The molecule has 20 heavy (non-hydrogen) atoms. The molecule has 7 heteroatoms. The number of amides is 1. The van der Waals surface area contributed by atoms with Crippen molar-refractivity contribution in [3.05, 3.63) is 18.0 Å². The van der Waals surface area contributed by atoms with E-state index in [1.54, 1.807) is 4.57 Å². The Bertz CT molecular complexity index is 601. The number of hydrogen-bond acceptors (Lipinski definition) is 3. The van der Waals surface area contributed by atoms with E-state index in [2.05, 4.69) is 5.32 Å². The molecule has 5 nitrogen and oxygen atoms in total. The minimum atomic E-state index is -3.81. The second-order valence-corrected chi connectivity index (χ2v) is 7.69.